The van der Waals surface area contributed by atoms with Gasteiger partial charge in [-0.15, -0.1) is 0 Å². The summed E-state index contributed by atoms with van der Waals surface area (Å²) in [6.07, 6.45) is 14.3. The van der Waals surface area contributed by atoms with Gasteiger partial charge in [-0.3, -0.25) is 4.57 Å². The molecule has 0 saturated carbocycles. The molecule has 9 rings (SSSR count). The summed E-state index contributed by atoms with van der Waals surface area (Å²) in [5, 5.41) is 2.54. The van der Waals surface area contributed by atoms with Crippen molar-refractivity contribution in [3.8, 4) is 33.9 Å². The minimum Gasteiger partial charge on any atom is -0.371 e. The summed E-state index contributed by atoms with van der Waals surface area (Å²) in [5.41, 5.74) is 13.7. The molecule has 4 heterocycles. The molecule has 7 aromatic rings. The molecule has 0 N–H and O–H groups in total. The quantitative estimate of drug-likeness (QED) is 0.191. The normalized spacial score (nSPS) is 14.6. The molecule has 1 aliphatic heterocycles. The van der Waals surface area contributed by atoms with Crippen molar-refractivity contribution in [3.63, 3.8) is 0 Å². The van der Waals surface area contributed by atoms with Crippen molar-refractivity contribution in [3.05, 3.63) is 168 Å². The van der Waals surface area contributed by atoms with E-state index < -0.39 is 0 Å². The molecule has 0 bridgehead atoms. The van der Waals surface area contributed by atoms with Crippen LogP contribution in [0, 0.1) is 0 Å². The topological polar surface area (TPSA) is 26.0 Å². The number of allylic oxidation sites excluding steroid dienone is 3. The van der Waals surface area contributed by atoms with E-state index in [2.05, 4.69) is 161 Å². The number of likely N-dealkylation sites (N-methyl/N-ethyl adjacent to an activating group) is 1. The Morgan fingerprint density at radius 2 is 1.44 bits per heavy atom. The van der Waals surface area contributed by atoms with Crippen LogP contribution in [0.3, 0.4) is 0 Å². The standard InChI is InChI=1S/C44H36N4/c1-46-28-13-11-22-38(46)33-19-14-21-36-35-20-8-9-23-39(35)47(40(36)29-33)34-25-26-37-41(30-34)48(42-24-10-12-27-45-42)44(32-17-6-3-7-18-32)43(37)31-15-4-2-5-16-31/h2-13,15-18,20,22-27,29-30H,14,19,21,28H2,1H3. The monoisotopic (exact) mass is 620 g/mol. The predicted octanol–water partition coefficient (Wildman–Crippen LogP) is 10.4. The van der Waals surface area contributed by atoms with E-state index >= 15 is 0 Å². The van der Waals surface area contributed by atoms with Crippen LogP contribution in [0.5, 0.6) is 0 Å². The predicted molar refractivity (Wildman–Crippen MR) is 200 cm³/mol. The van der Waals surface area contributed by atoms with Crippen molar-refractivity contribution in [2.45, 2.75) is 19.3 Å². The van der Waals surface area contributed by atoms with Crippen LogP contribution >= 0.6 is 0 Å². The van der Waals surface area contributed by atoms with Gasteiger partial charge in [0.1, 0.15) is 5.82 Å². The highest BCUT2D eigenvalue weighted by atomic mass is 15.1. The van der Waals surface area contributed by atoms with Crippen LogP contribution in [0.4, 0.5) is 0 Å². The number of pyridine rings is 1. The van der Waals surface area contributed by atoms with Crippen molar-refractivity contribution < 1.29 is 0 Å². The average molecular weight is 621 g/mol. The number of hydrogen-bond acceptors (Lipinski definition) is 2. The molecular formula is C44H36N4. The molecule has 0 spiro atoms. The summed E-state index contributed by atoms with van der Waals surface area (Å²) in [5.74, 6) is 0.902. The number of fused-ring (bicyclic) bond motifs is 4. The van der Waals surface area contributed by atoms with Crippen LogP contribution in [0.2, 0.25) is 0 Å². The zero-order valence-electron chi connectivity index (χ0n) is 27.1. The molecular weight excluding hydrogens is 585 g/mol. The number of rotatable bonds is 5. The Hall–Kier alpha value is -5.87. The summed E-state index contributed by atoms with van der Waals surface area (Å²) < 4.78 is 4.85. The Morgan fingerprint density at radius 1 is 0.667 bits per heavy atom. The largest absolute Gasteiger partial charge is 0.371 e. The average Bonchev–Trinajstić information content (AvgIpc) is 3.55. The third kappa shape index (κ3) is 4.64. The molecule has 0 amide bonds. The first kappa shape index (κ1) is 28.4. The number of aromatic nitrogens is 3. The van der Waals surface area contributed by atoms with Gasteiger partial charge in [0.25, 0.3) is 0 Å². The van der Waals surface area contributed by atoms with E-state index in [0.29, 0.717) is 0 Å². The molecule has 3 aromatic heterocycles. The summed E-state index contributed by atoms with van der Waals surface area (Å²) in [7, 11) is 2.20. The highest BCUT2D eigenvalue weighted by Gasteiger charge is 2.25. The molecule has 4 aromatic carbocycles. The fraction of sp³-hybridized carbons (Fsp3) is 0.114. The third-order valence-electron chi connectivity index (χ3n) is 9.91. The highest BCUT2D eigenvalue weighted by Crippen LogP contribution is 2.44. The maximum atomic E-state index is 4.92. The lowest BCUT2D eigenvalue weighted by atomic mass is 9.98. The fourth-order valence-corrected chi connectivity index (χ4v) is 7.78. The molecule has 0 saturated heterocycles. The van der Waals surface area contributed by atoms with Gasteiger partial charge in [0, 0.05) is 47.5 Å². The lowest BCUT2D eigenvalue weighted by Crippen LogP contribution is -2.21. The van der Waals surface area contributed by atoms with Gasteiger partial charge in [0.15, 0.2) is 0 Å². The number of benzene rings is 4. The van der Waals surface area contributed by atoms with E-state index in [4.69, 9.17) is 4.98 Å². The Bertz CT molecular complexity index is 2390. The lowest BCUT2D eigenvalue weighted by molar-refractivity contribution is 0.463. The molecule has 2 aliphatic rings. The van der Waals surface area contributed by atoms with E-state index in [9.17, 15) is 0 Å². The minimum atomic E-state index is 0.902. The van der Waals surface area contributed by atoms with Crippen LogP contribution in [0.1, 0.15) is 24.1 Å². The maximum absolute atomic E-state index is 4.92. The zero-order chi connectivity index (χ0) is 32.0. The Balaban J connectivity index is 1.36. The Labute approximate surface area is 281 Å². The highest BCUT2D eigenvalue weighted by molar-refractivity contribution is 6.06. The molecule has 0 fully saturated rings. The fourth-order valence-electron chi connectivity index (χ4n) is 7.78. The summed E-state index contributed by atoms with van der Waals surface area (Å²) >= 11 is 0. The molecule has 48 heavy (non-hydrogen) atoms. The molecule has 0 radical (unpaired) electrons. The van der Waals surface area contributed by atoms with E-state index in [-0.39, 0.29) is 0 Å². The van der Waals surface area contributed by atoms with Crippen molar-refractivity contribution in [2.24, 2.45) is 0 Å². The smallest absolute Gasteiger partial charge is 0.137 e. The number of para-hydroxylation sites is 1. The number of nitrogens with zero attached hydrogens (tertiary/aromatic N) is 4. The van der Waals surface area contributed by atoms with E-state index in [1.54, 1.807) is 0 Å². The third-order valence-corrected chi connectivity index (χ3v) is 9.91. The molecule has 0 atom stereocenters. The molecule has 4 heteroatoms. The van der Waals surface area contributed by atoms with Crippen LogP contribution in [-0.4, -0.2) is 32.6 Å². The van der Waals surface area contributed by atoms with Crippen molar-refractivity contribution in [2.75, 3.05) is 13.6 Å². The summed E-state index contributed by atoms with van der Waals surface area (Å²) in [6, 6.07) is 43.6. The van der Waals surface area contributed by atoms with Crippen molar-refractivity contribution >= 4 is 27.9 Å². The molecule has 232 valence electrons. The second-order valence-electron chi connectivity index (χ2n) is 12.8. The minimum absolute atomic E-state index is 0.902. The SMILES string of the molecule is CN1CC=CC=C1C1=Cc2c(c3ccccc3n2-c2ccc3c(-c4ccccc4)c(-c4ccccc4)n(-c4ccccn4)c3c2)CCC1. The van der Waals surface area contributed by atoms with Gasteiger partial charge < -0.3 is 9.47 Å². The van der Waals surface area contributed by atoms with Crippen molar-refractivity contribution in [1.82, 2.24) is 19.0 Å². The van der Waals surface area contributed by atoms with E-state index in [1.807, 2.05) is 12.3 Å². The van der Waals surface area contributed by atoms with Gasteiger partial charge in [0.2, 0.25) is 0 Å². The Morgan fingerprint density at radius 3 is 2.23 bits per heavy atom. The van der Waals surface area contributed by atoms with Gasteiger partial charge in [-0.2, -0.15) is 0 Å². The molecule has 4 nitrogen and oxygen atoms in total. The van der Waals surface area contributed by atoms with E-state index in [0.717, 1.165) is 54.1 Å². The summed E-state index contributed by atoms with van der Waals surface area (Å²) in [4.78, 5) is 7.28. The van der Waals surface area contributed by atoms with Crippen LogP contribution in [0.15, 0.2) is 157 Å². The van der Waals surface area contributed by atoms with Gasteiger partial charge in [0.05, 0.1) is 22.4 Å². The van der Waals surface area contributed by atoms with Crippen LogP contribution in [-0.2, 0) is 6.42 Å². The zero-order valence-corrected chi connectivity index (χ0v) is 27.1. The molecule has 1 aliphatic carbocycles. The van der Waals surface area contributed by atoms with Gasteiger partial charge in [-0.25, -0.2) is 4.98 Å². The van der Waals surface area contributed by atoms with Crippen molar-refractivity contribution in [1.29, 1.82) is 0 Å². The van der Waals surface area contributed by atoms with E-state index in [1.165, 1.54) is 49.9 Å². The first-order valence-corrected chi connectivity index (χ1v) is 16.9. The first-order chi connectivity index (χ1) is 23.8. The number of hydrogen-bond donors (Lipinski definition) is 0. The summed E-state index contributed by atoms with van der Waals surface area (Å²) in [6.45, 7) is 0.938. The van der Waals surface area contributed by atoms with Gasteiger partial charge in [-0.1, -0.05) is 103 Å². The molecule has 0 unspecified atom stereocenters. The second-order valence-corrected chi connectivity index (χ2v) is 12.8. The first-order valence-electron chi connectivity index (χ1n) is 16.9. The Kier molecular flexibility index (Phi) is 6.93. The lowest BCUT2D eigenvalue weighted by Gasteiger charge is -2.25. The second kappa shape index (κ2) is 11.7. The van der Waals surface area contributed by atoms with Crippen LogP contribution < -0.4 is 0 Å². The number of aryl methyl sites for hydroxylation is 1. The van der Waals surface area contributed by atoms with Gasteiger partial charge >= 0.3 is 0 Å². The van der Waals surface area contributed by atoms with Crippen LogP contribution in [0.25, 0.3) is 61.8 Å². The van der Waals surface area contributed by atoms with Gasteiger partial charge in [-0.05, 0) is 84.0 Å². The maximum Gasteiger partial charge on any atom is 0.137 e.